The van der Waals surface area contributed by atoms with Gasteiger partial charge in [0.1, 0.15) is 0 Å². The fourth-order valence-electron chi connectivity index (χ4n) is 4.85. The van der Waals surface area contributed by atoms with Gasteiger partial charge in [-0.05, 0) is 24.8 Å². The number of hydrogen-bond acceptors (Lipinski definition) is 5. The first-order valence-corrected chi connectivity index (χ1v) is 10.2. The van der Waals surface area contributed by atoms with Crippen molar-refractivity contribution < 1.29 is 14.1 Å². The molecule has 1 saturated carbocycles. The SMILES string of the molecule is CC(=O)N1CCN(C(=O)c2cnc3onc(C(C)C)c3c2)CC12CCCCC2. The monoisotopic (exact) mass is 384 g/mol. The van der Waals surface area contributed by atoms with Crippen LogP contribution in [0.4, 0.5) is 0 Å². The third kappa shape index (κ3) is 3.16. The van der Waals surface area contributed by atoms with Crippen LogP contribution in [0.2, 0.25) is 0 Å². The summed E-state index contributed by atoms with van der Waals surface area (Å²) in [6, 6.07) is 1.85. The third-order valence-electron chi connectivity index (χ3n) is 6.25. The highest BCUT2D eigenvalue weighted by atomic mass is 16.5. The fraction of sp³-hybridized carbons (Fsp3) is 0.619. The van der Waals surface area contributed by atoms with Gasteiger partial charge in [-0.2, -0.15) is 0 Å². The standard InChI is InChI=1S/C21H28N4O3/c1-14(2)18-17-11-16(12-22-19(17)28-23-18)20(27)24-9-10-25(15(3)26)21(13-24)7-5-4-6-8-21/h11-12,14H,4-10,13H2,1-3H3. The molecular formula is C21H28N4O3. The molecule has 1 aliphatic carbocycles. The van der Waals surface area contributed by atoms with Crippen molar-refractivity contribution in [2.24, 2.45) is 0 Å². The summed E-state index contributed by atoms with van der Waals surface area (Å²) < 4.78 is 5.29. The highest BCUT2D eigenvalue weighted by Gasteiger charge is 2.44. The Morgan fingerprint density at radius 3 is 2.61 bits per heavy atom. The number of fused-ring (bicyclic) bond motifs is 1. The lowest BCUT2D eigenvalue weighted by atomic mass is 9.78. The summed E-state index contributed by atoms with van der Waals surface area (Å²) in [7, 11) is 0. The smallest absolute Gasteiger partial charge is 0.257 e. The second-order valence-corrected chi connectivity index (χ2v) is 8.48. The van der Waals surface area contributed by atoms with Gasteiger partial charge in [0.15, 0.2) is 0 Å². The van der Waals surface area contributed by atoms with Crippen molar-refractivity contribution in [1.29, 1.82) is 0 Å². The van der Waals surface area contributed by atoms with Crippen LogP contribution in [0.1, 0.15) is 74.8 Å². The summed E-state index contributed by atoms with van der Waals surface area (Å²) in [6.07, 6.45) is 6.93. The maximum Gasteiger partial charge on any atom is 0.257 e. The van der Waals surface area contributed by atoms with E-state index in [1.165, 1.54) is 6.42 Å². The highest BCUT2D eigenvalue weighted by molar-refractivity contribution is 5.97. The second-order valence-electron chi connectivity index (χ2n) is 8.48. The molecule has 2 aliphatic rings. The lowest BCUT2D eigenvalue weighted by molar-refractivity contribution is -0.141. The Bertz CT molecular complexity index is 898. The molecule has 150 valence electrons. The molecule has 2 fully saturated rings. The molecule has 1 spiro atoms. The van der Waals surface area contributed by atoms with Crippen molar-refractivity contribution in [1.82, 2.24) is 19.9 Å². The first kappa shape index (κ1) is 18.9. The second kappa shape index (κ2) is 7.18. The fourth-order valence-corrected chi connectivity index (χ4v) is 4.85. The van der Waals surface area contributed by atoms with Gasteiger partial charge in [-0.3, -0.25) is 9.59 Å². The minimum atomic E-state index is -0.212. The summed E-state index contributed by atoms with van der Waals surface area (Å²) in [5.41, 5.74) is 1.63. The van der Waals surface area contributed by atoms with Gasteiger partial charge >= 0.3 is 0 Å². The zero-order valence-electron chi connectivity index (χ0n) is 16.9. The first-order chi connectivity index (χ1) is 13.4. The predicted octanol–water partition coefficient (Wildman–Crippen LogP) is 3.35. The highest BCUT2D eigenvalue weighted by Crippen LogP contribution is 2.37. The Labute approximate surface area is 165 Å². The minimum Gasteiger partial charge on any atom is -0.336 e. The molecule has 2 aromatic heterocycles. The molecule has 7 heteroatoms. The van der Waals surface area contributed by atoms with Crippen molar-refractivity contribution in [2.45, 2.75) is 64.3 Å². The molecule has 0 unspecified atom stereocenters. The van der Waals surface area contributed by atoms with Gasteiger partial charge in [0.25, 0.3) is 11.6 Å². The Kier molecular flexibility index (Phi) is 4.85. The molecule has 0 radical (unpaired) electrons. The van der Waals surface area contributed by atoms with Crippen molar-refractivity contribution in [3.05, 3.63) is 23.5 Å². The molecule has 0 aromatic carbocycles. The molecule has 2 aromatic rings. The summed E-state index contributed by atoms with van der Waals surface area (Å²) in [6.45, 7) is 7.48. The van der Waals surface area contributed by atoms with E-state index in [4.69, 9.17) is 4.52 Å². The molecule has 7 nitrogen and oxygen atoms in total. The topological polar surface area (TPSA) is 79.5 Å². The number of hydrogen-bond donors (Lipinski definition) is 0. The lowest BCUT2D eigenvalue weighted by Gasteiger charge is -2.52. The molecular weight excluding hydrogens is 356 g/mol. The average Bonchev–Trinajstić information content (AvgIpc) is 3.11. The minimum absolute atomic E-state index is 0.0292. The molecule has 1 aliphatic heterocycles. The number of carbonyl (C=O) groups is 2. The zero-order chi connectivity index (χ0) is 19.9. The quantitative estimate of drug-likeness (QED) is 0.793. The van der Waals surface area contributed by atoms with E-state index in [2.05, 4.69) is 10.1 Å². The van der Waals surface area contributed by atoms with Crippen LogP contribution in [0.5, 0.6) is 0 Å². The number of amides is 2. The van der Waals surface area contributed by atoms with Crippen LogP contribution in [0.3, 0.4) is 0 Å². The van der Waals surface area contributed by atoms with Crippen LogP contribution in [0, 0.1) is 0 Å². The number of nitrogens with zero attached hydrogens (tertiary/aromatic N) is 4. The van der Waals surface area contributed by atoms with E-state index in [1.807, 2.05) is 29.7 Å². The Hall–Kier alpha value is -2.44. The Balaban J connectivity index is 1.62. The van der Waals surface area contributed by atoms with E-state index in [1.54, 1.807) is 13.1 Å². The van der Waals surface area contributed by atoms with E-state index >= 15 is 0 Å². The van der Waals surface area contributed by atoms with E-state index in [-0.39, 0.29) is 23.3 Å². The molecule has 2 amide bonds. The van der Waals surface area contributed by atoms with Crippen molar-refractivity contribution >= 4 is 22.9 Å². The molecule has 3 heterocycles. The van der Waals surface area contributed by atoms with Gasteiger partial charge in [-0.25, -0.2) is 4.98 Å². The van der Waals surface area contributed by atoms with Crippen LogP contribution in [0.25, 0.3) is 11.1 Å². The molecule has 0 N–H and O–H groups in total. The van der Waals surface area contributed by atoms with Crippen LogP contribution < -0.4 is 0 Å². The Morgan fingerprint density at radius 2 is 1.93 bits per heavy atom. The first-order valence-electron chi connectivity index (χ1n) is 10.2. The maximum absolute atomic E-state index is 13.3. The van der Waals surface area contributed by atoms with Crippen LogP contribution in [-0.2, 0) is 4.79 Å². The zero-order valence-corrected chi connectivity index (χ0v) is 16.9. The summed E-state index contributed by atoms with van der Waals surface area (Å²) >= 11 is 0. The molecule has 0 atom stereocenters. The van der Waals surface area contributed by atoms with Crippen molar-refractivity contribution in [3.8, 4) is 0 Å². The van der Waals surface area contributed by atoms with Gasteiger partial charge in [0.05, 0.1) is 22.2 Å². The number of aromatic nitrogens is 2. The van der Waals surface area contributed by atoms with Crippen LogP contribution in [-0.4, -0.2) is 56.9 Å². The number of pyridine rings is 1. The predicted molar refractivity (Wildman–Crippen MR) is 105 cm³/mol. The van der Waals surface area contributed by atoms with E-state index < -0.39 is 0 Å². The normalized spacial score (nSPS) is 19.6. The molecule has 0 bridgehead atoms. The van der Waals surface area contributed by atoms with Crippen LogP contribution >= 0.6 is 0 Å². The van der Waals surface area contributed by atoms with Gasteiger partial charge in [0, 0.05) is 32.8 Å². The average molecular weight is 384 g/mol. The van der Waals surface area contributed by atoms with E-state index in [0.29, 0.717) is 30.9 Å². The van der Waals surface area contributed by atoms with Crippen molar-refractivity contribution in [2.75, 3.05) is 19.6 Å². The summed E-state index contributed by atoms with van der Waals surface area (Å²) in [5, 5.41) is 4.90. The van der Waals surface area contributed by atoms with Gasteiger partial charge in [0.2, 0.25) is 5.91 Å². The maximum atomic E-state index is 13.3. The molecule has 28 heavy (non-hydrogen) atoms. The van der Waals surface area contributed by atoms with Crippen molar-refractivity contribution in [3.63, 3.8) is 0 Å². The summed E-state index contributed by atoms with van der Waals surface area (Å²) in [4.78, 5) is 33.7. The molecule has 1 saturated heterocycles. The van der Waals surface area contributed by atoms with Gasteiger partial charge < -0.3 is 14.3 Å². The summed E-state index contributed by atoms with van der Waals surface area (Å²) in [5.74, 6) is 0.277. The van der Waals surface area contributed by atoms with Gasteiger partial charge in [-0.15, -0.1) is 0 Å². The molecule has 4 rings (SSSR count). The van der Waals surface area contributed by atoms with Crippen LogP contribution in [0.15, 0.2) is 16.8 Å². The lowest BCUT2D eigenvalue weighted by Crippen LogP contribution is -2.65. The Morgan fingerprint density at radius 1 is 1.18 bits per heavy atom. The van der Waals surface area contributed by atoms with Gasteiger partial charge in [-0.1, -0.05) is 38.3 Å². The van der Waals surface area contributed by atoms with E-state index in [9.17, 15) is 9.59 Å². The number of carbonyl (C=O) groups excluding carboxylic acids is 2. The van der Waals surface area contributed by atoms with E-state index in [0.717, 1.165) is 36.8 Å². The number of piperazine rings is 1. The largest absolute Gasteiger partial charge is 0.336 e. The number of rotatable bonds is 2. The third-order valence-corrected chi connectivity index (χ3v) is 6.25.